The minimum Gasteiger partial charge on any atom is -0.508 e. The van der Waals surface area contributed by atoms with Crippen molar-refractivity contribution < 1.29 is 9.50 Å². The summed E-state index contributed by atoms with van der Waals surface area (Å²) in [7, 11) is 0. The first-order valence-corrected chi connectivity index (χ1v) is 4.54. The zero-order valence-corrected chi connectivity index (χ0v) is 8.18. The SMILES string of the molecule is N#Cc1cncc(-c2cc(O)cc(F)c2)c1. The predicted octanol–water partition coefficient (Wildman–Crippen LogP) is 2.46. The maximum atomic E-state index is 13.1. The normalized spacial score (nSPS) is 9.75. The Morgan fingerprint density at radius 2 is 1.94 bits per heavy atom. The monoisotopic (exact) mass is 214 g/mol. The van der Waals surface area contributed by atoms with Crippen molar-refractivity contribution in [3.05, 3.63) is 48.0 Å². The van der Waals surface area contributed by atoms with Crippen LogP contribution in [0.2, 0.25) is 0 Å². The molecule has 2 aromatic rings. The van der Waals surface area contributed by atoms with E-state index in [9.17, 15) is 9.50 Å². The topological polar surface area (TPSA) is 56.9 Å². The highest BCUT2D eigenvalue weighted by molar-refractivity contribution is 5.65. The second-order valence-corrected chi connectivity index (χ2v) is 3.27. The van der Waals surface area contributed by atoms with Gasteiger partial charge in [-0.05, 0) is 23.8 Å². The van der Waals surface area contributed by atoms with E-state index in [1.165, 1.54) is 24.5 Å². The van der Waals surface area contributed by atoms with Crippen LogP contribution in [-0.2, 0) is 0 Å². The van der Waals surface area contributed by atoms with E-state index in [1.807, 2.05) is 6.07 Å². The third-order valence-corrected chi connectivity index (χ3v) is 2.08. The predicted molar refractivity (Wildman–Crippen MR) is 56.0 cm³/mol. The molecule has 0 saturated heterocycles. The van der Waals surface area contributed by atoms with E-state index in [4.69, 9.17) is 5.26 Å². The van der Waals surface area contributed by atoms with Gasteiger partial charge in [0.15, 0.2) is 0 Å². The molecule has 2 rings (SSSR count). The molecule has 1 aromatic heterocycles. The Labute approximate surface area is 91.4 Å². The Kier molecular flexibility index (Phi) is 2.52. The fraction of sp³-hybridized carbons (Fsp3) is 0. The lowest BCUT2D eigenvalue weighted by molar-refractivity contribution is 0.469. The minimum absolute atomic E-state index is 0.155. The molecule has 4 heteroatoms. The Morgan fingerprint density at radius 1 is 1.12 bits per heavy atom. The van der Waals surface area contributed by atoms with Crippen LogP contribution >= 0.6 is 0 Å². The van der Waals surface area contributed by atoms with Crippen LogP contribution in [0.5, 0.6) is 5.75 Å². The second kappa shape index (κ2) is 3.99. The summed E-state index contributed by atoms with van der Waals surface area (Å²) in [5, 5.41) is 18.0. The Hall–Kier alpha value is -2.41. The molecule has 0 aliphatic carbocycles. The molecule has 78 valence electrons. The summed E-state index contributed by atoms with van der Waals surface area (Å²) in [5.74, 6) is -0.685. The van der Waals surface area contributed by atoms with Crippen molar-refractivity contribution in [2.45, 2.75) is 0 Å². The van der Waals surface area contributed by atoms with Gasteiger partial charge >= 0.3 is 0 Å². The number of phenols is 1. The molecular weight excluding hydrogens is 207 g/mol. The second-order valence-electron chi connectivity index (χ2n) is 3.27. The molecule has 0 saturated carbocycles. The highest BCUT2D eigenvalue weighted by Gasteiger charge is 2.03. The van der Waals surface area contributed by atoms with Crippen molar-refractivity contribution >= 4 is 0 Å². The number of phenolic OH excluding ortho intramolecular Hbond substituents is 1. The third-order valence-electron chi connectivity index (χ3n) is 2.08. The number of hydrogen-bond donors (Lipinski definition) is 1. The van der Waals surface area contributed by atoms with Gasteiger partial charge in [-0.2, -0.15) is 5.26 Å². The van der Waals surface area contributed by atoms with Crippen LogP contribution in [0, 0.1) is 17.1 Å². The molecule has 1 aromatic carbocycles. The zero-order chi connectivity index (χ0) is 11.5. The van der Waals surface area contributed by atoms with Crippen molar-refractivity contribution in [1.82, 2.24) is 4.98 Å². The van der Waals surface area contributed by atoms with E-state index < -0.39 is 5.82 Å². The maximum absolute atomic E-state index is 13.1. The van der Waals surface area contributed by atoms with E-state index in [-0.39, 0.29) is 5.75 Å². The fourth-order valence-corrected chi connectivity index (χ4v) is 1.40. The summed E-state index contributed by atoms with van der Waals surface area (Å²) in [6, 6.07) is 7.24. The largest absolute Gasteiger partial charge is 0.508 e. The number of hydrogen-bond acceptors (Lipinski definition) is 3. The molecule has 0 spiro atoms. The molecule has 0 radical (unpaired) electrons. The number of halogens is 1. The number of aromatic nitrogens is 1. The summed E-state index contributed by atoms with van der Waals surface area (Å²) >= 11 is 0. The number of nitriles is 1. The quantitative estimate of drug-likeness (QED) is 0.793. The van der Waals surface area contributed by atoms with Gasteiger partial charge in [0.1, 0.15) is 17.6 Å². The van der Waals surface area contributed by atoms with Crippen molar-refractivity contribution in [3.63, 3.8) is 0 Å². The molecule has 0 atom stereocenters. The Bertz CT molecular complexity index is 555. The smallest absolute Gasteiger partial charge is 0.127 e. The van der Waals surface area contributed by atoms with Crippen LogP contribution in [0.3, 0.4) is 0 Å². The maximum Gasteiger partial charge on any atom is 0.127 e. The molecule has 0 unspecified atom stereocenters. The van der Waals surface area contributed by atoms with Gasteiger partial charge in [0.25, 0.3) is 0 Å². The summed E-state index contributed by atoms with van der Waals surface area (Å²) in [6.45, 7) is 0. The fourth-order valence-electron chi connectivity index (χ4n) is 1.40. The van der Waals surface area contributed by atoms with Gasteiger partial charge in [-0.15, -0.1) is 0 Å². The van der Waals surface area contributed by atoms with Crippen molar-refractivity contribution in [1.29, 1.82) is 5.26 Å². The average molecular weight is 214 g/mol. The first-order chi connectivity index (χ1) is 7.69. The molecule has 0 amide bonds. The molecule has 0 fully saturated rings. The van der Waals surface area contributed by atoms with Crippen molar-refractivity contribution in [2.75, 3.05) is 0 Å². The Balaban J connectivity index is 2.54. The lowest BCUT2D eigenvalue weighted by Gasteiger charge is -2.02. The molecule has 16 heavy (non-hydrogen) atoms. The number of nitrogens with zero attached hydrogens (tertiary/aromatic N) is 2. The van der Waals surface area contributed by atoms with Gasteiger partial charge in [0.05, 0.1) is 5.56 Å². The van der Waals surface area contributed by atoms with Gasteiger partial charge in [-0.1, -0.05) is 0 Å². The molecule has 1 heterocycles. The van der Waals surface area contributed by atoms with E-state index in [1.54, 1.807) is 6.07 Å². The molecule has 0 bridgehead atoms. The lowest BCUT2D eigenvalue weighted by atomic mass is 10.1. The first-order valence-electron chi connectivity index (χ1n) is 4.54. The van der Waals surface area contributed by atoms with Gasteiger partial charge in [-0.25, -0.2) is 4.39 Å². The van der Waals surface area contributed by atoms with Gasteiger partial charge in [0.2, 0.25) is 0 Å². The number of pyridine rings is 1. The standard InChI is InChI=1S/C12H7FN2O/c13-11-2-9(3-12(16)4-11)10-1-8(5-14)6-15-7-10/h1-4,6-7,16H. The van der Waals surface area contributed by atoms with E-state index in [2.05, 4.69) is 4.98 Å². The number of aromatic hydroxyl groups is 1. The van der Waals surface area contributed by atoms with Crippen LogP contribution < -0.4 is 0 Å². The van der Waals surface area contributed by atoms with Crippen LogP contribution in [0.1, 0.15) is 5.56 Å². The molecule has 1 N–H and O–H groups in total. The van der Waals surface area contributed by atoms with E-state index in [0.717, 1.165) is 6.07 Å². The van der Waals surface area contributed by atoms with Gasteiger partial charge in [-0.3, -0.25) is 4.98 Å². The average Bonchev–Trinajstić information content (AvgIpc) is 2.28. The number of rotatable bonds is 1. The van der Waals surface area contributed by atoms with Crippen molar-refractivity contribution in [3.8, 4) is 22.9 Å². The summed E-state index contributed by atoms with van der Waals surface area (Å²) in [4.78, 5) is 3.86. The van der Waals surface area contributed by atoms with Gasteiger partial charge in [0, 0.05) is 24.0 Å². The zero-order valence-electron chi connectivity index (χ0n) is 8.18. The highest BCUT2D eigenvalue weighted by Crippen LogP contribution is 2.24. The summed E-state index contributed by atoms with van der Waals surface area (Å²) < 4.78 is 13.1. The number of benzene rings is 1. The summed E-state index contributed by atoms with van der Waals surface area (Å²) in [5.41, 5.74) is 1.47. The van der Waals surface area contributed by atoms with Crippen molar-refractivity contribution in [2.24, 2.45) is 0 Å². The molecular formula is C12H7FN2O. The first kappa shape index (κ1) is 10.1. The minimum atomic E-state index is -0.530. The highest BCUT2D eigenvalue weighted by atomic mass is 19.1. The van der Waals surface area contributed by atoms with Crippen LogP contribution in [0.4, 0.5) is 4.39 Å². The van der Waals surface area contributed by atoms with E-state index in [0.29, 0.717) is 16.7 Å². The lowest BCUT2D eigenvalue weighted by Crippen LogP contribution is -1.84. The van der Waals surface area contributed by atoms with Gasteiger partial charge < -0.3 is 5.11 Å². The van der Waals surface area contributed by atoms with Crippen LogP contribution in [0.25, 0.3) is 11.1 Å². The van der Waals surface area contributed by atoms with E-state index >= 15 is 0 Å². The third kappa shape index (κ3) is 1.98. The molecule has 0 aliphatic rings. The molecule has 3 nitrogen and oxygen atoms in total. The molecule has 0 aliphatic heterocycles. The van der Waals surface area contributed by atoms with Crippen LogP contribution in [-0.4, -0.2) is 10.1 Å². The van der Waals surface area contributed by atoms with Crippen LogP contribution in [0.15, 0.2) is 36.7 Å². The summed E-state index contributed by atoms with van der Waals surface area (Å²) in [6.07, 6.45) is 2.93. The Morgan fingerprint density at radius 3 is 2.62 bits per heavy atom.